The third kappa shape index (κ3) is 5.52. The van der Waals surface area contributed by atoms with Gasteiger partial charge in [0.25, 0.3) is 0 Å². The highest BCUT2D eigenvalue weighted by Crippen LogP contribution is 2.30. The van der Waals surface area contributed by atoms with Crippen molar-refractivity contribution in [1.29, 1.82) is 0 Å². The zero-order chi connectivity index (χ0) is 24.2. The molecule has 33 heavy (non-hydrogen) atoms. The number of amides is 1. The molecule has 0 unspecified atom stereocenters. The third-order valence-electron chi connectivity index (χ3n) is 4.95. The van der Waals surface area contributed by atoms with Crippen LogP contribution in [0.4, 0.5) is 5.69 Å². The molecule has 0 saturated carbocycles. The monoisotopic (exact) mass is 495 g/mol. The highest BCUT2D eigenvalue weighted by atomic mass is 32.2. The van der Waals surface area contributed by atoms with Gasteiger partial charge in [0.2, 0.25) is 15.9 Å². The molecule has 0 fully saturated rings. The third-order valence-corrected chi connectivity index (χ3v) is 7.06. The highest BCUT2D eigenvalue weighted by Gasteiger charge is 2.26. The summed E-state index contributed by atoms with van der Waals surface area (Å²) in [7, 11) is 0.421. The van der Waals surface area contributed by atoms with Crippen molar-refractivity contribution < 1.29 is 27.1 Å². The number of sulfonamides is 1. The fourth-order valence-electron chi connectivity index (χ4n) is 3.16. The number of aryl methyl sites for hydroxylation is 1. The van der Waals surface area contributed by atoms with Gasteiger partial charge in [0.05, 0.1) is 24.6 Å². The number of hydrogen-bond acceptors (Lipinski definition) is 8. The molecule has 0 radical (unpaired) electrons. The molecule has 3 rings (SSSR count). The molecule has 2 N–H and O–H groups in total. The number of nitrogens with one attached hydrogen (secondary N) is 2. The molecular weight excluding hydrogens is 470 g/mol. The quantitative estimate of drug-likeness (QED) is 0.438. The van der Waals surface area contributed by atoms with Crippen LogP contribution < -0.4 is 25.3 Å². The number of ether oxygens (including phenoxy) is 2. The first-order chi connectivity index (χ1) is 15.7. The van der Waals surface area contributed by atoms with E-state index in [1.54, 1.807) is 18.2 Å². The van der Waals surface area contributed by atoms with E-state index in [0.717, 1.165) is 0 Å². The van der Waals surface area contributed by atoms with Crippen LogP contribution in [0, 0.1) is 0 Å². The number of thioether (sulfide) groups is 1. The van der Waals surface area contributed by atoms with E-state index >= 15 is 0 Å². The minimum absolute atomic E-state index is 0.114. The summed E-state index contributed by atoms with van der Waals surface area (Å²) in [6, 6.07) is 7.92. The largest absolute Gasteiger partial charge is 0.493 e. The predicted octanol–water partition coefficient (Wildman–Crippen LogP) is 2.19. The standard InChI is InChI=1S/C21H25N3O7S2/c1-24-16-7-6-14(12-18(16)31-21(24)26)33(27,28)23-15(9-10-32-4)20(25)22-13-5-8-17(29-2)19(11-13)30-3/h5-8,11-12,15,23H,9-10H2,1-4H3,(H,22,25)/t15-/m0/s1. The van der Waals surface area contributed by atoms with E-state index in [4.69, 9.17) is 13.9 Å². The number of oxazole rings is 1. The fourth-order valence-corrected chi connectivity index (χ4v) is 4.88. The van der Waals surface area contributed by atoms with Crippen LogP contribution in [0.25, 0.3) is 11.1 Å². The lowest BCUT2D eigenvalue weighted by atomic mass is 10.2. The molecule has 12 heteroatoms. The lowest BCUT2D eigenvalue weighted by molar-refractivity contribution is -0.117. The number of fused-ring (bicyclic) bond motifs is 1. The molecule has 178 valence electrons. The SMILES string of the molecule is COc1ccc(NC(=O)[C@H](CCSC)NS(=O)(=O)c2ccc3c(c2)oc(=O)n3C)cc1OC. The van der Waals surface area contributed by atoms with Gasteiger partial charge in [-0.3, -0.25) is 9.36 Å². The summed E-state index contributed by atoms with van der Waals surface area (Å²) in [5.74, 6) is 0.359. The summed E-state index contributed by atoms with van der Waals surface area (Å²) in [5.41, 5.74) is 1.03. The summed E-state index contributed by atoms with van der Waals surface area (Å²) in [5, 5.41) is 2.72. The van der Waals surface area contributed by atoms with Gasteiger partial charge in [-0.05, 0) is 42.7 Å². The second kappa shape index (κ2) is 10.3. The van der Waals surface area contributed by atoms with Gasteiger partial charge < -0.3 is 19.2 Å². The Bertz CT molecular complexity index is 1320. The molecule has 1 heterocycles. The van der Waals surface area contributed by atoms with E-state index in [2.05, 4.69) is 10.0 Å². The zero-order valence-corrected chi connectivity index (χ0v) is 20.2. The van der Waals surface area contributed by atoms with Crippen LogP contribution in [0.3, 0.4) is 0 Å². The van der Waals surface area contributed by atoms with Crippen LogP contribution in [0.2, 0.25) is 0 Å². The van der Waals surface area contributed by atoms with Crippen LogP contribution >= 0.6 is 11.8 Å². The highest BCUT2D eigenvalue weighted by molar-refractivity contribution is 7.98. The number of anilines is 1. The Balaban J connectivity index is 1.84. The van der Waals surface area contributed by atoms with Crippen molar-refractivity contribution in [2.75, 3.05) is 31.5 Å². The minimum atomic E-state index is -4.08. The minimum Gasteiger partial charge on any atom is -0.493 e. The van der Waals surface area contributed by atoms with Gasteiger partial charge in [-0.1, -0.05) is 0 Å². The van der Waals surface area contributed by atoms with E-state index in [9.17, 15) is 18.0 Å². The summed E-state index contributed by atoms with van der Waals surface area (Å²) >= 11 is 1.49. The number of benzene rings is 2. The van der Waals surface area contributed by atoms with Crippen LogP contribution in [0.1, 0.15) is 6.42 Å². The van der Waals surface area contributed by atoms with Crippen LogP contribution in [-0.4, -0.2) is 51.2 Å². The molecule has 1 atom stereocenters. The number of nitrogens with zero attached hydrogens (tertiary/aromatic N) is 1. The summed E-state index contributed by atoms with van der Waals surface area (Å²) in [6.07, 6.45) is 2.13. The summed E-state index contributed by atoms with van der Waals surface area (Å²) in [6.45, 7) is 0. The van der Waals surface area contributed by atoms with E-state index in [1.165, 1.54) is 55.8 Å². The molecule has 0 saturated heterocycles. The lowest BCUT2D eigenvalue weighted by Crippen LogP contribution is -2.44. The van der Waals surface area contributed by atoms with Crippen molar-refractivity contribution in [2.24, 2.45) is 7.05 Å². The lowest BCUT2D eigenvalue weighted by Gasteiger charge is -2.19. The van der Waals surface area contributed by atoms with Crippen molar-refractivity contribution in [3.05, 3.63) is 46.9 Å². The maximum Gasteiger partial charge on any atom is 0.419 e. The van der Waals surface area contributed by atoms with Crippen LogP contribution in [-0.2, 0) is 21.9 Å². The molecule has 10 nitrogen and oxygen atoms in total. The molecule has 0 aliphatic rings. The second-order valence-corrected chi connectivity index (χ2v) is 9.77. The molecule has 0 bridgehead atoms. The molecule has 3 aromatic rings. The molecule has 0 aliphatic heterocycles. The predicted molar refractivity (Wildman–Crippen MR) is 127 cm³/mol. The first-order valence-corrected chi connectivity index (χ1v) is 12.7. The average molecular weight is 496 g/mol. The average Bonchev–Trinajstić information content (AvgIpc) is 3.09. The summed E-state index contributed by atoms with van der Waals surface area (Å²) < 4.78 is 45.3. The smallest absolute Gasteiger partial charge is 0.419 e. The molecule has 0 spiro atoms. The molecule has 1 amide bonds. The van der Waals surface area contributed by atoms with Crippen molar-refractivity contribution in [3.63, 3.8) is 0 Å². The number of carbonyl (C=O) groups is 1. The van der Waals surface area contributed by atoms with Crippen molar-refractivity contribution in [2.45, 2.75) is 17.4 Å². The van der Waals surface area contributed by atoms with Gasteiger partial charge in [-0.15, -0.1) is 0 Å². The first-order valence-electron chi connectivity index (χ1n) is 9.84. The van der Waals surface area contributed by atoms with Gasteiger partial charge >= 0.3 is 5.76 Å². The van der Waals surface area contributed by atoms with Crippen molar-refractivity contribution >= 4 is 44.5 Å². The van der Waals surface area contributed by atoms with Gasteiger partial charge in [0.15, 0.2) is 17.1 Å². The van der Waals surface area contributed by atoms with Crippen molar-refractivity contribution in [1.82, 2.24) is 9.29 Å². The Hall–Kier alpha value is -2.96. The molecule has 1 aromatic heterocycles. The van der Waals surface area contributed by atoms with E-state index in [1.807, 2.05) is 6.26 Å². The van der Waals surface area contributed by atoms with Crippen LogP contribution in [0.15, 0.2) is 50.5 Å². The topological polar surface area (TPSA) is 129 Å². The number of carbonyl (C=O) groups excluding carboxylic acids is 1. The fraction of sp³-hybridized carbons (Fsp3) is 0.333. The number of rotatable bonds is 10. The Morgan fingerprint density at radius 3 is 2.55 bits per heavy atom. The number of aromatic nitrogens is 1. The molecule has 2 aromatic carbocycles. The maximum absolute atomic E-state index is 13.0. The van der Waals surface area contributed by atoms with Gasteiger partial charge in [-0.2, -0.15) is 16.5 Å². The van der Waals surface area contributed by atoms with E-state index in [0.29, 0.717) is 28.5 Å². The Kier molecular flexibility index (Phi) is 7.72. The van der Waals surface area contributed by atoms with Crippen LogP contribution in [0.5, 0.6) is 11.5 Å². The van der Waals surface area contributed by atoms with E-state index < -0.39 is 27.7 Å². The number of methoxy groups -OCH3 is 2. The number of hydrogen-bond donors (Lipinski definition) is 2. The zero-order valence-electron chi connectivity index (χ0n) is 18.6. The Morgan fingerprint density at radius 2 is 1.88 bits per heavy atom. The molecular formula is C21H25N3O7S2. The van der Waals surface area contributed by atoms with Gasteiger partial charge in [0.1, 0.15) is 6.04 Å². The van der Waals surface area contributed by atoms with E-state index in [-0.39, 0.29) is 16.9 Å². The summed E-state index contributed by atoms with van der Waals surface area (Å²) in [4.78, 5) is 24.5. The molecule has 0 aliphatic carbocycles. The second-order valence-electron chi connectivity index (χ2n) is 7.07. The Labute approximate surface area is 195 Å². The Morgan fingerprint density at radius 1 is 1.15 bits per heavy atom. The van der Waals surface area contributed by atoms with Gasteiger partial charge in [0, 0.05) is 24.9 Å². The maximum atomic E-state index is 13.0. The van der Waals surface area contributed by atoms with Crippen molar-refractivity contribution in [3.8, 4) is 11.5 Å². The van der Waals surface area contributed by atoms with Gasteiger partial charge in [-0.25, -0.2) is 13.2 Å². The normalized spacial score (nSPS) is 12.5. The first kappa shape index (κ1) is 24.7.